The maximum atomic E-state index is 12.1. The molecule has 0 spiro atoms. The number of carbonyl (C=O) groups is 2. The van der Waals surface area contributed by atoms with Gasteiger partial charge in [0, 0.05) is 23.1 Å². The average Bonchev–Trinajstić information content (AvgIpc) is 2.46. The molecule has 0 saturated carbocycles. The summed E-state index contributed by atoms with van der Waals surface area (Å²) in [5, 5.41) is 16.2. The van der Waals surface area contributed by atoms with Crippen LogP contribution in [0.25, 0.3) is 10.4 Å². The number of thiol groups is 2. The smallest absolute Gasteiger partial charge is 0.291 e. The number of carbonyl (C=O) groups excluding carboxylic acids is 2. The molecule has 11 heteroatoms. The van der Waals surface area contributed by atoms with Gasteiger partial charge in [0.15, 0.2) is 5.12 Å². The van der Waals surface area contributed by atoms with Gasteiger partial charge in [0.25, 0.3) is 11.6 Å². The second-order valence-corrected chi connectivity index (χ2v) is 5.65. The van der Waals surface area contributed by atoms with Crippen LogP contribution in [0.4, 0.5) is 11.4 Å². The summed E-state index contributed by atoms with van der Waals surface area (Å²) in [6, 6.07) is 3.89. The number of benzene rings is 1. The van der Waals surface area contributed by atoms with Crippen LogP contribution in [0.1, 0.15) is 23.2 Å². The highest BCUT2D eigenvalue weighted by Gasteiger charge is 2.23. The van der Waals surface area contributed by atoms with Crippen molar-refractivity contribution < 1.29 is 14.5 Å². The van der Waals surface area contributed by atoms with Crippen LogP contribution in [0.2, 0.25) is 0 Å². The molecule has 1 amide bonds. The quantitative estimate of drug-likeness (QED) is 0.165. The molecule has 1 aromatic carbocycles. The van der Waals surface area contributed by atoms with Gasteiger partial charge in [-0.1, -0.05) is 11.2 Å². The monoisotopic (exact) mass is 355 g/mol. The van der Waals surface area contributed by atoms with E-state index in [2.05, 4.69) is 40.6 Å². The molecule has 0 bridgehead atoms. The minimum atomic E-state index is -0.778. The summed E-state index contributed by atoms with van der Waals surface area (Å²) in [6.45, 7) is 0.178. The van der Waals surface area contributed by atoms with Crippen molar-refractivity contribution in [1.29, 1.82) is 0 Å². The van der Waals surface area contributed by atoms with Crippen LogP contribution in [0.3, 0.4) is 0 Å². The zero-order chi connectivity index (χ0) is 17.4. The Morgan fingerprint density at radius 2 is 2.17 bits per heavy atom. The molecule has 0 heterocycles. The third-order valence-corrected chi connectivity index (χ3v) is 3.39. The van der Waals surface area contributed by atoms with E-state index < -0.39 is 16.5 Å². The first kappa shape index (κ1) is 18.8. The number of para-hydroxylation sites is 1. The molecule has 23 heavy (non-hydrogen) atoms. The largest absolute Gasteiger partial charge is 0.352 e. The van der Waals surface area contributed by atoms with Crippen molar-refractivity contribution in [3.8, 4) is 0 Å². The first-order valence-corrected chi connectivity index (χ1v) is 7.33. The van der Waals surface area contributed by atoms with Crippen molar-refractivity contribution in [2.75, 3.05) is 6.54 Å². The topological polar surface area (TPSA) is 138 Å². The molecule has 0 aliphatic heterocycles. The maximum absolute atomic E-state index is 12.1. The highest BCUT2D eigenvalue weighted by atomic mass is 32.1. The first-order valence-electron chi connectivity index (χ1n) is 6.37. The predicted octanol–water partition coefficient (Wildman–Crippen LogP) is 2.80. The molecule has 0 aliphatic carbocycles. The summed E-state index contributed by atoms with van der Waals surface area (Å²) in [7, 11) is 0. The average molecular weight is 355 g/mol. The van der Waals surface area contributed by atoms with Gasteiger partial charge in [0.2, 0.25) is 0 Å². The summed E-state index contributed by atoms with van der Waals surface area (Å²) in [4.78, 5) is 35.7. The second kappa shape index (κ2) is 9.03. The molecule has 0 saturated heterocycles. The van der Waals surface area contributed by atoms with Gasteiger partial charge in [0.1, 0.15) is 11.3 Å². The molecule has 0 fully saturated rings. The fraction of sp³-hybridized carbons (Fsp3) is 0.333. The molecular formula is C12H13N5O4S2. The van der Waals surface area contributed by atoms with E-state index in [1.807, 2.05) is 0 Å². The lowest BCUT2D eigenvalue weighted by atomic mass is 10.1. The Morgan fingerprint density at radius 1 is 1.48 bits per heavy atom. The first-order chi connectivity index (χ1) is 10.9. The molecule has 1 atom stereocenters. The number of azide groups is 1. The molecule has 122 valence electrons. The van der Waals surface area contributed by atoms with Crippen LogP contribution < -0.4 is 5.32 Å². The lowest BCUT2D eigenvalue weighted by Crippen LogP contribution is -2.27. The van der Waals surface area contributed by atoms with Crippen LogP contribution in [0, 0.1) is 10.1 Å². The van der Waals surface area contributed by atoms with Crippen molar-refractivity contribution in [3.63, 3.8) is 0 Å². The van der Waals surface area contributed by atoms with E-state index in [-0.39, 0.29) is 34.6 Å². The minimum absolute atomic E-state index is 0.147. The third-order valence-electron chi connectivity index (χ3n) is 2.77. The Hall–Kier alpha value is -2.23. The van der Waals surface area contributed by atoms with E-state index in [0.717, 1.165) is 0 Å². The van der Waals surface area contributed by atoms with Crippen LogP contribution >= 0.6 is 25.3 Å². The molecule has 0 radical (unpaired) electrons. The van der Waals surface area contributed by atoms with E-state index in [9.17, 15) is 19.7 Å². The minimum Gasteiger partial charge on any atom is -0.352 e. The number of hydrogen-bond donors (Lipinski definition) is 3. The maximum Gasteiger partial charge on any atom is 0.291 e. The van der Waals surface area contributed by atoms with Gasteiger partial charge in [-0.25, -0.2) is 0 Å². The van der Waals surface area contributed by atoms with Crippen LogP contribution in [-0.2, 0) is 4.79 Å². The molecule has 1 rings (SSSR count). The van der Waals surface area contributed by atoms with Gasteiger partial charge < -0.3 is 5.32 Å². The Balaban J connectivity index is 2.84. The highest BCUT2D eigenvalue weighted by Crippen LogP contribution is 2.31. The summed E-state index contributed by atoms with van der Waals surface area (Å²) in [5.41, 5.74) is 7.42. The summed E-state index contributed by atoms with van der Waals surface area (Å²) in [5.74, 6) is -0.676. The van der Waals surface area contributed by atoms with E-state index in [0.29, 0.717) is 6.42 Å². The van der Waals surface area contributed by atoms with E-state index in [1.54, 1.807) is 0 Å². The van der Waals surface area contributed by atoms with Gasteiger partial charge in [-0.15, -0.1) is 12.6 Å². The fourth-order valence-electron chi connectivity index (χ4n) is 1.79. The molecule has 0 aliphatic rings. The molecule has 9 nitrogen and oxygen atoms in total. The standard InChI is InChI=1S/C12H13N5O4S2/c13-16-15-9-3-1-2-8(11(9)17(20)21)12(19)14-5-4-7(22)6-10(18)23/h1-3,7,22H,4-6H2,(H,14,19)(H,18,23). The van der Waals surface area contributed by atoms with Crippen molar-refractivity contribution in [1.82, 2.24) is 5.32 Å². The second-order valence-electron chi connectivity index (χ2n) is 4.42. The fourth-order valence-corrected chi connectivity index (χ4v) is 2.45. The number of nitro benzene ring substituents is 1. The van der Waals surface area contributed by atoms with Gasteiger partial charge in [-0.05, 0) is 24.1 Å². The SMILES string of the molecule is [N-]=[N+]=Nc1cccc(C(=O)NCCC(S)CC(=O)S)c1[N+](=O)[O-]. The number of nitro groups is 1. The number of nitrogens with one attached hydrogen (secondary N) is 1. The Bertz CT molecular complexity index is 675. The van der Waals surface area contributed by atoms with E-state index >= 15 is 0 Å². The van der Waals surface area contributed by atoms with Crippen molar-refractivity contribution in [2.24, 2.45) is 5.11 Å². The van der Waals surface area contributed by atoms with Gasteiger partial charge >= 0.3 is 0 Å². The van der Waals surface area contributed by atoms with Crippen LogP contribution in [0.15, 0.2) is 23.3 Å². The number of nitrogens with zero attached hydrogens (tertiary/aromatic N) is 4. The highest BCUT2D eigenvalue weighted by molar-refractivity contribution is 7.96. The zero-order valence-corrected chi connectivity index (χ0v) is 13.5. The lowest BCUT2D eigenvalue weighted by Gasteiger charge is -2.10. The van der Waals surface area contributed by atoms with E-state index in [1.165, 1.54) is 18.2 Å². The van der Waals surface area contributed by atoms with Gasteiger partial charge in [-0.2, -0.15) is 12.6 Å². The Labute approximate surface area is 142 Å². The summed E-state index contributed by atoms with van der Waals surface area (Å²) >= 11 is 7.81. The Kier molecular flexibility index (Phi) is 7.39. The summed E-state index contributed by atoms with van der Waals surface area (Å²) < 4.78 is 0. The van der Waals surface area contributed by atoms with E-state index in [4.69, 9.17) is 5.53 Å². The molecule has 0 aromatic heterocycles. The normalized spacial score (nSPS) is 11.2. The third kappa shape index (κ3) is 5.81. The van der Waals surface area contributed by atoms with Crippen molar-refractivity contribution >= 4 is 47.7 Å². The molecule has 1 unspecified atom stereocenters. The van der Waals surface area contributed by atoms with Crippen molar-refractivity contribution in [2.45, 2.75) is 18.1 Å². The van der Waals surface area contributed by atoms with Crippen LogP contribution in [0.5, 0.6) is 0 Å². The van der Waals surface area contributed by atoms with Crippen LogP contribution in [-0.4, -0.2) is 27.7 Å². The lowest BCUT2D eigenvalue weighted by molar-refractivity contribution is -0.384. The number of amides is 1. The number of rotatable bonds is 8. The van der Waals surface area contributed by atoms with Crippen molar-refractivity contribution in [3.05, 3.63) is 44.3 Å². The summed E-state index contributed by atoms with van der Waals surface area (Å²) in [6.07, 6.45) is 0.541. The molecule has 1 N–H and O–H groups in total. The molecule has 1 aromatic rings. The van der Waals surface area contributed by atoms with Gasteiger partial charge in [-0.3, -0.25) is 19.7 Å². The van der Waals surface area contributed by atoms with Gasteiger partial charge in [0.05, 0.1) is 4.92 Å². The number of hydrogen-bond acceptors (Lipinski definition) is 6. The Morgan fingerprint density at radius 3 is 2.74 bits per heavy atom. The zero-order valence-electron chi connectivity index (χ0n) is 11.7. The molecular weight excluding hydrogens is 342 g/mol. The predicted molar refractivity (Wildman–Crippen MR) is 90.2 cm³/mol.